The molecule has 1 saturated heterocycles. The highest BCUT2D eigenvalue weighted by Crippen LogP contribution is 2.33. The molecular weight excluding hydrogens is 292 g/mol. The zero-order valence-corrected chi connectivity index (χ0v) is 11.9. The van der Waals surface area contributed by atoms with E-state index >= 15 is 0 Å². The summed E-state index contributed by atoms with van der Waals surface area (Å²) in [5.74, 6) is -1.63. The number of hydrogen-bond donors (Lipinski definition) is 2. The summed E-state index contributed by atoms with van der Waals surface area (Å²) in [4.78, 5) is 20.8. The molecule has 0 radical (unpaired) electrons. The Kier molecular flexibility index (Phi) is 3.66. The van der Waals surface area contributed by atoms with Crippen LogP contribution in [0.15, 0.2) is 24.4 Å². The van der Waals surface area contributed by atoms with E-state index in [4.69, 9.17) is 0 Å². The molecule has 0 spiro atoms. The Labute approximate surface area is 125 Å². The van der Waals surface area contributed by atoms with E-state index in [1.165, 1.54) is 17.2 Å². The van der Waals surface area contributed by atoms with Crippen molar-refractivity contribution in [1.82, 2.24) is 14.9 Å². The van der Waals surface area contributed by atoms with Gasteiger partial charge in [-0.05, 0) is 31.0 Å². The van der Waals surface area contributed by atoms with Crippen LogP contribution in [0.3, 0.4) is 0 Å². The van der Waals surface area contributed by atoms with Crippen molar-refractivity contribution in [2.45, 2.75) is 25.5 Å². The molecule has 116 valence electrons. The lowest BCUT2D eigenvalue weighted by atomic mass is 10.0. The third-order valence-corrected chi connectivity index (χ3v) is 3.80. The lowest BCUT2D eigenvalue weighted by molar-refractivity contribution is 0.0710. The van der Waals surface area contributed by atoms with Gasteiger partial charge in [0.05, 0.1) is 18.3 Å². The molecule has 1 aliphatic heterocycles. The van der Waals surface area contributed by atoms with Crippen molar-refractivity contribution < 1.29 is 18.7 Å². The Morgan fingerprint density at radius 3 is 2.82 bits per heavy atom. The van der Waals surface area contributed by atoms with Gasteiger partial charge in [-0.2, -0.15) is 0 Å². The van der Waals surface area contributed by atoms with Crippen molar-refractivity contribution >= 4 is 5.91 Å². The number of aryl methyl sites for hydroxylation is 1. The van der Waals surface area contributed by atoms with Crippen molar-refractivity contribution in [2.75, 3.05) is 6.54 Å². The van der Waals surface area contributed by atoms with Crippen LogP contribution in [-0.2, 0) is 0 Å². The number of β-amino-alcohol motifs (C(OH)–C–C–N with tert-alkyl or cyclic N) is 1. The molecular formula is C15H15F2N3O2. The predicted molar refractivity (Wildman–Crippen MR) is 74.1 cm³/mol. The van der Waals surface area contributed by atoms with E-state index in [9.17, 15) is 18.7 Å². The molecule has 1 amide bonds. The molecule has 1 fully saturated rings. The van der Waals surface area contributed by atoms with E-state index in [2.05, 4.69) is 9.97 Å². The summed E-state index contributed by atoms with van der Waals surface area (Å²) in [6, 6.07) is 3.02. The fourth-order valence-corrected chi connectivity index (χ4v) is 2.76. The van der Waals surface area contributed by atoms with Gasteiger partial charge in [0, 0.05) is 6.54 Å². The second-order valence-corrected chi connectivity index (χ2v) is 5.42. The van der Waals surface area contributed by atoms with Gasteiger partial charge in [-0.15, -0.1) is 0 Å². The number of aliphatic hydroxyl groups is 1. The average Bonchev–Trinajstić information content (AvgIpc) is 3.07. The first-order chi connectivity index (χ1) is 10.5. The summed E-state index contributed by atoms with van der Waals surface area (Å²) in [6.45, 7) is 1.86. The van der Waals surface area contributed by atoms with Crippen LogP contribution in [0.25, 0.3) is 0 Å². The lowest BCUT2D eigenvalue weighted by Crippen LogP contribution is -2.32. The fraction of sp³-hybridized carbons (Fsp3) is 0.333. The van der Waals surface area contributed by atoms with E-state index in [-0.39, 0.29) is 18.9 Å². The monoisotopic (exact) mass is 307 g/mol. The van der Waals surface area contributed by atoms with Gasteiger partial charge >= 0.3 is 0 Å². The van der Waals surface area contributed by atoms with Gasteiger partial charge in [-0.1, -0.05) is 6.07 Å². The Morgan fingerprint density at radius 2 is 2.18 bits per heavy atom. The van der Waals surface area contributed by atoms with Crippen LogP contribution in [0.2, 0.25) is 0 Å². The van der Waals surface area contributed by atoms with Gasteiger partial charge in [0.25, 0.3) is 5.91 Å². The molecule has 2 atom stereocenters. The zero-order chi connectivity index (χ0) is 15.9. The highest BCUT2D eigenvalue weighted by Gasteiger charge is 2.36. The second-order valence-electron chi connectivity index (χ2n) is 5.42. The van der Waals surface area contributed by atoms with Crippen molar-refractivity contribution in [1.29, 1.82) is 0 Å². The number of nitrogens with one attached hydrogen (secondary N) is 1. The highest BCUT2D eigenvalue weighted by molar-refractivity contribution is 5.92. The number of nitrogens with zero attached hydrogens (tertiary/aromatic N) is 2. The largest absolute Gasteiger partial charge is 0.391 e. The van der Waals surface area contributed by atoms with Crippen LogP contribution in [0.1, 0.15) is 34.3 Å². The molecule has 7 heteroatoms. The van der Waals surface area contributed by atoms with E-state index in [0.29, 0.717) is 17.1 Å². The molecule has 1 aliphatic rings. The van der Waals surface area contributed by atoms with Crippen molar-refractivity contribution in [3.63, 3.8) is 0 Å². The smallest absolute Gasteiger partial charge is 0.272 e. The molecule has 2 aromatic rings. The van der Waals surface area contributed by atoms with Gasteiger partial charge in [-0.25, -0.2) is 13.8 Å². The minimum atomic E-state index is -0.969. The molecule has 22 heavy (non-hydrogen) atoms. The number of hydrogen-bond acceptors (Lipinski definition) is 3. The Balaban J connectivity index is 1.91. The van der Waals surface area contributed by atoms with Gasteiger partial charge < -0.3 is 15.0 Å². The SMILES string of the molecule is Cc1ncc(C(=O)N2C[C@@H](O)C[C@@H]2c2ccc(F)c(F)c2)[nH]1. The van der Waals surface area contributed by atoms with Gasteiger partial charge in [0.1, 0.15) is 11.5 Å². The highest BCUT2D eigenvalue weighted by atomic mass is 19.2. The number of rotatable bonds is 2. The number of halogens is 2. The number of likely N-dealkylation sites (tertiary alicyclic amines) is 1. The molecule has 0 unspecified atom stereocenters. The maximum Gasteiger partial charge on any atom is 0.272 e. The third kappa shape index (κ3) is 2.59. The maximum atomic E-state index is 13.4. The van der Waals surface area contributed by atoms with Crippen LogP contribution in [-0.4, -0.2) is 38.5 Å². The Hall–Kier alpha value is -2.28. The number of carbonyl (C=O) groups excluding carboxylic acids is 1. The minimum absolute atomic E-state index is 0.139. The number of imidazole rings is 1. The second kappa shape index (κ2) is 5.49. The standard InChI is InChI=1S/C15H15F2N3O2/c1-8-18-6-13(19-8)15(22)20-7-10(21)5-14(20)9-2-3-11(16)12(17)4-9/h2-4,6,10,14,21H,5,7H2,1H3,(H,18,19)/t10-,14+/m0/s1. The van der Waals surface area contributed by atoms with Gasteiger partial charge in [-0.3, -0.25) is 4.79 Å². The van der Waals surface area contributed by atoms with Crippen LogP contribution in [0.5, 0.6) is 0 Å². The molecule has 0 aliphatic carbocycles. The zero-order valence-electron chi connectivity index (χ0n) is 11.9. The molecule has 2 N–H and O–H groups in total. The molecule has 0 saturated carbocycles. The number of amides is 1. The van der Waals surface area contributed by atoms with E-state index in [1.54, 1.807) is 6.92 Å². The van der Waals surface area contributed by atoms with Crippen LogP contribution in [0, 0.1) is 18.6 Å². The number of aliphatic hydroxyl groups excluding tert-OH is 1. The summed E-state index contributed by atoms with van der Waals surface area (Å²) in [7, 11) is 0. The first-order valence-corrected chi connectivity index (χ1v) is 6.91. The summed E-state index contributed by atoms with van der Waals surface area (Å²) in [6.07, 6.45) is 1.00. The number of carbonyl (C=O) groups is 1. The minimum Gasteiger partial charge on any atom is -0.391 e. The van der Waals surface area contributed by atoms with Crippen molar-refractivity contribution in [3.8, 4) is 0 Å². The van der Waals surface area contributed by atoms with Crippen molar-refractivity contribution in [3.05, 3.63) is 53.1 Å². The van der Waals surface area contributed by atoms with Crippen molar-refractivity contribution in [2.24, 2.45) is 0 Å². The molecule has 0 bridgehead atoms. The summed E-state index contributed by atoms with van der Waals surface area (Å²) in [5.41, 5.74) is 0.763. The van der Waals surface area contributed by atoms with Crippen LogP contribution in [0.4, 0.5) is 8.78 Å². The Bertz CT molecular complexity index is 717. The molecule has 2 heterocycles. The fourth-order valence-electron chi connectivity index (χ4n) is 2.76. The lowest BCUT2D eigenvalue weighted by Gasteiger charge is -2.24. The molecule has 3 rings (SSSR count). The first-order valence-electron chi connectivity index (χ1n) is 6.91. The van der Waals surface area contributed by atoms with E-state index < -0.39 is 23.8 Å². The number of aromatic amines is 1. The third-order valence-electron chi connectivity index (χ3n) is 3.80. The number of benzene rings is 1. The van der Waals surface area contributed by atoms with Gasteiger partial charge in [0.15, 0.2) is 11.6 Å². The van der Waals surface area contributed by atoms with E-state index in [0.717, 1.165) is 12.1 Å². The van der Waals surface area contributed by atoms with Crippen LogP contribution < -0.4 is 0 Å². The van der Waals surface area contributed by atoms with Crippen LogP contribution >= 0.6 is 0 Å². The quantitative estimate of drug-likeness (QED) is 0.891. The average molecular weight is 307 g/mol. The summed E-state index contributed by atoms with van der Waals surface area (Å²) < 4.78 is 26.5. The number of aromatic nitrogens is 2. The van der Waals surface area contributed by atoms with E-state index in [1.807, 2.05) is 0 Å². The summed E-state index contributed by atoms with van der Waals surface area (Å²) >= 11 is 0. The normalized spacial score (nSPS) is 21.4. The summed E-state index contributed by atoms with van der Waals surface area (Å²) in [5, 5.41) is 9.87. The molecule has 1 aromatic heterocycles. The van der Waals surface area contributed by atoms with Gasteiger partial charge in [0.2, 0.25) is 0 Å². The number of H-pyrrole nitrogens is 1. The predicted octanol–water partition coefficient (Wildman–Crippen LogP) is 1.94. The topological polar surface area (TPSA) is 69.2 Å². The molecule has 5 nitrogen and oxygen atoms in total. The Morgan fingerprint density at radius 1 is 1.41 bits per heavy atom. The molecule has 1 aromatic carbocycles. The first kappa shape index (κ1) is 14.6. The maximum absolute atomic E-state index is 13.4.